The van der Waals surface area contributed by atoms with Crippen LogP contribution in [0.4, 0.5) is 4.79 Å². The van der Waals surface area contributed by atoms with Crippen LogP contribution < -0.4 is 10.1 Å². The Bertz CT molecular complexity index is 1080. The standard InChI is InChI=1S/C33H47N3O3/c1-3-5-19-38-24-30(26-12-9-14-28(21-26)39-20-6-4-2)34-33(37)36-17-10-13-27-23-35-18-16-25-11-7-8-15-29(25)32(35)22-31(27)36/h7-9,11-12,14-15,21,27,30-32H,3-6,10,13,16-20,22-24H2,1-2H3,(H,34,37)/t27-,30+,31+,32+/m1/s1. The minimum absolute atomic E-state index is 0.0450. The van der Waals surface area contributed by atoms with Gasteiger partial charge in [-0.05, 0) is 73.3 Å². The van der Waals surface area contributed by atoms with Gasteiger partial charge in [0, 0.05) is 38.3 Å². The van der Waals surface area contributed by atoms with E-state index in [9.17, 15) is 4.79 Å². The third kappa shape index (κ3) is 6.78. The molecule has 0 saturated carbocycles. The van der Waals surface area contributed by atoms with Crippen LogP contribution in [0.2, 0.25) is 0 Å². The molecular formula is C33H47N3O3. The van der Waals surface area contributed by atoms with E-state index >= 15 is 0 Å². The first-order chi connectivity index (χ1) is 19.2. The van der Waals surface area contributed by atoms with Gasteiger partial charge in [-0.1, -0.05) is 63.1 Å². The van der Waals surface area contributed by atoms with E-state index in [1.165, 1.54) is 17.5 Å². The van der Waals surface area contributed by atoms with E-state index < -0.39 is 0 Å². The van der Waals surface area contributed by atoms with Crippen molar-refractivity contribution in [2.45, 2.75) is 83.3 Å². The first kappa shape index (κ1) is 28.0. The molecule has 1 N–H and O–H groups in total. The van der Waals surface area contributed by atoms with Crippen molar-refractivity contribution >= 4 is 6.03 Å². The molecular weight excluding hydrogens is 486 g/mol. The van der Waals surface area contributed by atoms with Crippen LogP contribution in [-0.2, 0) is 11.2 Å². The number of rotatable bonds is 11. The Kier molecular flexibility index (Phi) is 9.81. The minimum atomic E-state index is -0.208. The van der Waals surface area contributed by atoms with Crippen LogP contribution in [0.3, 0.4) is 0 Å². The summed E-state index contributed by atoms with van der Waals surface area (Å²) in [6.45, 7) is 9.27. The molecule has 0 radical (unpaired) electrons. The van der Waals surface area contributed by atoms with Crippen molar-refractivity contribution in [1.29, 1.82) is 0 Å². The summed E-state index contributed by atoms with van der Waals surface area (Å²) in [5.74, 6) is 1.40. The first-order valence-corrected chi connectivity index (χ1v) is 15.4. The molecule has 212 valence electrons. The SMILES string of the molecule is CCCCOC[C@H](NC(=O)N1CCC[C@@H]2CN3CCc4ccccc4[C@@H]3C[C@@H]21)c1cccc(OCCCC)c1. The predicted octanol–water partition coefficient (Wildman–Crippen LogP) is 6.52. The molecule has 4 atom stereocenters. The Morgan fingerprint density at radius 1 is 1.05 bits per heavy atom. The average Bonchev–Trinajstić information content (AvgIpc) is 2.97. The number of nitrogens with one attached hydrogen (secondary N) is 1. The monoisotopic (exact) mass is 533 g/mol. The third-order valence-electron chi connectivity index (χ3n) is 8.89. The summed E-state index contributed by atoms with van der Waals surface area (Å²) < 4.78 is 12.0. The van der Waals surface area contributed by atoms with Gasteiger partial charge in [-0.2, -0.15) is 0 Å². The minimum Gasteiger partial charge on any atom is -0.494 e. The molecule has 3 heterocycles. The highest BCUT2D eigenvalue weighted by molar-refractivity contribution is 5.75. The van der Waals surface area contributed by atoms with Crippen LogP contribution >= 0.6 is 0 Å². The smallest absolute Gasteiger partial charge is 0.318 e. The Morgan fingerprint density at radius 3 is 2.77 bits per heavy atom. The maximum atomic E-state index is 13.9. The van der Waals surface area contributed by atoms with E-state index in [0.717, 1.165) is 75.9 Å². The molecule has 2 aromatic carbocycles. The van der Waals surface area contributed by atoms with Crippen molar-refractivity contribution in [3.8, 4) is 5.75 Å². The molecule has 0 aromatic heterocycles. The Balaban J connectivity index is 1.30. The molecule has 6 nitrogen and oxygen atoms in total. The number of ether oxygens (including phenoxy) is 2. The zero-order valence-corrected chi connectivity index (χ0v) is 23.9. The van der Waals surface area contributed by atoms with E-state index in [2.05, 4.69) is 65.4 Å². The highest BCUT2D eigenvalue weighted by atomic mass is 16.5. The molecule has 0 bridgehead atoms. The van der Waals surface area contributed by atoms with E-state index in [-0.39, 0.29) is 18.1 Å². The summed E-state index contributed by atoms with van der Waals surface area (Å²) in [4.78, 5) is 18.8. The van der Waals surface area contributed by atoms with Crippen molar-refractivity contribution in [2.75, 3.05) is 39.5 Å². The molecule has 2 amide bonds. The number of fused-ring (bicyclic) bond motifs is 4. The zero-order valence-electron chi connectivity index (χ0n) is 23.9. The topological polar surface area (TPSA) is 54.0 Å². The molecule has 0 unspecified atom stereocenters. The second kappa shape index (κ2) is 13.7. The van der Waals surface area contributed by atoms with Crippen LogP contribution in [0.25, 0.3) is 0 Å². The van der Waals surface area contributed by atoms with Gasteiger partial charge in [-0.3, -0.25) is 4.90 Å². The Morgan fingerprint density at radius 2 is 1.90 bits per heavy atom. The number of urea groups is 1. The summed E-state index contributed by atoms with van der Waals surface area (Å²) in [5.41, 5.74) is 3.99. The highest BCUT2D eigenvalue weighted by Gasteiger charge is 2.44. The predicted molar refractivity (Wildman–Crippen MR) is 156 cm³/mol. The van der Waals surface area contributed by atoms with Crippen LogP contribution in [0, 0.1) is 5.92 Å². The summed E-state index contributed by atoms with van der Waals surface area (Å²) >= 11 is 0. The quantitative estimate of drug-likeness (QED) is 0.334. The van der Waals surface area contributed by atoms with E-state index in [1.54, 1.807) is 0 Å². The Hall–Kier alpha value is -2.57. The van der Waals surface area contributed by atoms with Crippen molar-refractivity contribution in [1.82, 2.24) is 15.1 Å². The molecule has 2 aromatic rings. The molecule has 2 saturated heterocycles. The number of carbonyl (C=O) groups excluding carboxylic acids is 1. The molecule has 3 aliphatic heterocycles. The van der Waals surface area contributed by atoms with E-state index in [1.807, 2.05) is 12.1 Å². The number of carbonyl (C=O) groups is 1. The summed E-state index contributed by atoms with van der Waals surface area (Å²) in [5, 5.41) is 3.39. The van der Waals surface area contributed by atoms with Crippen molar-refractivity contribution in [3.63, 3.8) is 0 Å². The van der Waals surface area contributed by atoms with Crippen LogP contribution in [0.1, 0.15) is 87.6 Å². The van der Waals surface area contributed by atoms with Gasteiger partial charge in [-0.25, -0.2) is 4.79 Å². The van der Waals surface area contributed by atoms with Crippen LogP contribution in [0.5, 0.6) is 5.75 Å². The Labute approximate surface area is 235 Å². The molecule has 5 rings (SSSR count). The largest absolute Gasteiger partial charge is 0.494 e. The van der Waals surface area contributed by atoms with Gasteiger partial charge >= 0.3 is 6.03 Å². The van der Waals surface area contributed by atoms with E-state index in [4.69, 9.17) is 9.47 Å². The lowest BCUT2D eigenvalue weighted by atomic mass is 9.77. The van der Waals surface area contributed by atoms with Gasteiger partial charge in [0.25, 0.3) is 0 Å². The van der Waals surface area contributed by atoms with Gasteiger partial charge in [0.2, 0.25) is 0 Å². The average molecular weight is 534 g/mol. The molecule has 0 aliphatic carbocycles. The maximum Gasteiger partial charge on any atom is 0.318 e. The van der Waals surface area contributed by atoms with Crippen molar-refractivity contribution < 1.29 is 14.3 Å². The molecule has 3 aliphatic rings. The lowest BCUT2D eigenvalue weighted by molar-refractivity contribution is 0.00434. The molecule has 6 heteroatoms. The number of benzene rings is 2. The molecule has 2 fully saturated rings. The summed E-state index contributed by atoms with van der Waals surface area (Å²) in [6, 6.07) is 17.6. The van der Waals surface area contributed by atoms with Gasteiger partial charge < -0.3 is 19.7 Å². The summed E-state index contributed by atoms with van der Waals surface area (Å²) in [7, 11) is 0. The van der Waals surface area contributed by atoms with Crippen molar-refractivity contribution in [2.24, 2.45) is 5.92 Å². The third-order valence-corrected chi connectivity index (χ3v) is 8.89. The zero-order chi connectivity index (χ0) is 27.0. The normalized spacial score (nSPS) is 23.3. The fourth-order valence-electron chi connectivity index (χ4n) is 6.71. The fourth-order valence-corrected chi connectivity index (χ4v) is 6.71. The number of amides is 2. The maximum absolute atomic E-state index is 13.9. The number of nitrogens with zero attached hydrogens (tertiary/aromatic N) is 2. The first-order valence-electron chi connectivity index (χ1n) is 15.4. The number of piperidine rings is 2. The van der Waals surface area contributed by atoms with Gasteiger partial charge in [-0.15, -0.1) is 0 Å². The van der Waals surface area contributed by atoms with Crippen molar-refractivity contribution in [3.05, 3.63) is 65.2 Å². The highest BCUT2D eigenvalue weighted by Crippen LogP contribution is 2.42. The number of hydrogen-bond donors (Lipinski definition) is 1. The molecule has 0 spiro atoms. The van der Waals surface area contributed by atoms with Gasteiger partial charge in [0.15, 0.2) is 0 Å². The second-order valence-electron chi connectivity index (χ2n) is 11.6. The van der Waals surface area contributed by atoms with Gasteiger partial charge in [0.1, 0.15) is 5.75 Å². The molecule has 39 heavy (non-hydrogen) atoms. The van der Waals surface area contributed by atoms with Crippen LogP contribution in [0.15, 0.2) is 48.5 Å². The number of unbranched alkanes of at least 4 members (excludes halogenated alkanes) is 2. The number of hydrogen-bond acceptors (Lipinski definition) is 4. The lowest BCUT2D eigenvalue weighted by Crippen LogP contribution is -2.59. The fraction of sp³-hybridized carbons (Fsp3) is 0.606. The van der Waals surface area contributed by atoms with Gasteiger partial charge in [0.05, 0.1) is 19.3 Å². The summed E-state index contributed by atoms with van der Waals surface area (Å²) in [6.07, 6.45) is 8.69. The lowest BCUT2D eigenvalue weighted by Gasteiger charge is -2.52. The second-order valence-corrected chi connectivity index (χ2v) is 11.6. The van der Waals surface area contributed by atoms with Crippen LogP contribution in [-0.4, -0.2) is 61.3 Å². The number of likely N-dealkylation sites (tertiary alicyclic amines) is 1. The van der Waals surface area contributed by atoms with E-state index in [0.29, 0.717) is 31.8 Å².